The van der Waals surface area contributed by atoms with Crippen molar-refractivity contribution in [1.82, 2.24) is 9.71 Å². The number of carbonyl (C=O) groups is 1. The molecule has 42 heavy (non-hydrogen) atoms. The SMILES string of the molecule is C=S1(=O)NC(=O)c2ccc3c(n2)N(C[C@@H]2CC[C@H]2[C@@](C)(O)/C=C/C[C@H](C)[C@H]1C)C[C@@]1(CCCc2cc(Cl)ccc21)CO3. The first kappa shape index (κ1) is 29.5. The van der Waals surface area contributed by atoms with E-state index in [1.54, 1.807) is 6.07 Å². The van der Waals surface area contributed by atoms with Gasteiger partial charge in [-0.05, 0) is 111 Å². The van der Waals surface area contributed by atoms with Crippen LogP contribution < -0.4 is 14.4 Å². The standard InChI is InChI=1S/C33H42ClN3O4S/c1-21-7-5-15-32(3,39)26-11-9-24(26)18-37-19-33(16-6-8-23-17-25(34)10-12-27(23)33)20-41-29-14-13-28(35-30(29)37)31(38)36-42(4,40)22(21)2/h5,10,12-15,17,21-22,24,26,39H,4,6-9,11,16,18-20H2,1-3H3,(H,36,38,40)/b15-5+/t21-,22+,24-,26+,32-,33-,42?/m0/s1. The second-order valence-electron chi connectivity index (χ2n) is 13.3. The number of fused-ring (bicyclic) bond motifs is 4. The number of rotatable bonds is 0. The molecule has 226 valence electrons. The maximum Gasteiger partial charge on any atom is 0.281 e. The molecule has 0 radical (unpaired) electrons. The molecule has 2 aromatic rings. The minimum Gasteiger partial charge on any atom is -0.489 e. The van der Waals surface area contributed by atoms with E-state index in [1.165, 1.54) is 11.1 Å². The van der Waals surface area contributed by atoms with E-state index >= 15 is 0 Å². The van der Waals surface area contributed by atoms with Gasteiger partial charge < -0.3 is 14.7 Å². The normalized spacial score (nSPS) is 37.4. The summed E-state index contributed by atoms with van der Waals surface area (Å²) >= 11 is 6.40. The summed E-state index contributed by atoms with van der Waals surface area (Å²) in [7, 11) is -2.97. The van der Waals surface area contributed by atoms with Crippen LogP contribution in [0.2, 0.25) is 5.02 Å². The molecule has 1 aromatic heterocycles. The highest BCUT2D eigenvalue weighted by molar-refractivity contribution is 7.99. The number of hydrogen-bond acceptors (Lipinski definition) is 6. The number of aliphatic hydroxyl groups is 1. The van der Waals surface area contributed by atoms with Gasteiger partial charge in [-0.1, -0.05) is 36.7 Å². The molecular formula is C33H42ClN3O4S. The number of pyridine rings is 1. The van der Waals surface area contributed by atoms with Crippen molar-refractivity contribution >= 4 is 38.9 Å². The third-order valence-electron chi connectivity index (χ3n) is 10.4. The van der Waals surface area contributed by atoms with Gasteiger partial charge >= 0.3 is 0 Å². The molecule has 9 heteroatoms. The maximum absolute atomic E-state index is 13.6. The van der Waals surface area contributed by atoms with Crippen LogP contribution in [0.25, 0.3) is 0 Å². The second-order valence-corrected chi connectivity index (χ2v) is 16.1. The number of hydrogen-bond donors (Lipinski definition) is 2. The zero-order chi connectivity index (χ0) is 29.9. The average Bonchev–Trinajstić information content (AvgIpc) is 3.06. The lowest BCUT2D eigenvalue weighted by atomic mass is 9.64. The Morgan fingerprint density at radius 3 is 2.81 bits per heavy atom. The van der Waals surface area contributed by atoms with Crippen LogP contribution in [0.5, 0.6) is 5.75 Å². The lowest BCUT2D eigenvalue weighted by molar-refractivity contribution is -0.0315. The van der Waals surface area contributed by atoms with Crippen LogP contribution in [-0.4, -0.2) is 56.6 Å². The fraction of sp³-hybridized carbons (Fsp3) is 0.545. The first-order valence-electron chi connectivity index (χ1n) is 15.1. The third-order valence-corrected chi connectivity index (χ3v) is 12.8. The van der Waals surface area contributed by atoms with Gasteiger partial charge in [-0.2, -0.15) is 0 Å². The van der Waals surface area contributed by atoms with Crippen molar-refractivity contribution in [2.75, 3.05) is 24.6 Å². The summed E-state index contributed by atoms with van der Waals surface area (Å²) in [6.07, 6.45) is 9.48. The molecule has 1 fully saturated rings. The van der Waals surface area contributed by atoms with Crippen LogP contribution in [-0.2, 0) is 21.5 Å². The van der Waals surface area contributed by atoms with E-state index < -0.39 is 21.2 Å². The largest absolute Gasteiger partial charge is 0.489 e. The molecule has 2 aliphatic carbocycles. The van der Waals surface area contributed by atoms with Gasteiger partial charge in [0.1, 0.15) is 5.69 Å². The number of allylic oxidation sites excluding steroid dienone is 1. The summed E-state index contributed by atoms with van der Waals surface area (Å²) in [4.78, 5) is 20.6. The van der Waals surface area contributed by atoms with Gasteiger partial charge in [-0.3, -0.25) is 9.52 Å². The lowest BCUT2D eigenvalue weighted by Gasteiger charge is -2.48. The van der Waals surface area contributed by atoms with E-state index in [4.69, 9.17) is 21.3 Å². The number of anilines is 1. The van der Waals surface area contributed by atoms with Crippen LogP contribution in [0.4, 0.5) is 5.82 Å². The molecule has 4 aliphatic rings. The number of aromatic nitrogens is 1. The molecule has 7 atom stereocenters. The Kier molecular flexibility index (Phi) is 7.64. The average molecular weight is 612 g/mol. The number of nitrogens with zero attached hydrogens (tertiary/aromatic N) is 2. The van der Waals surface area contributed by atoms with E-state index in [9.17, 15) is 14.1 Å². The summed E-state index contributed by atoms with van der Waals surface area (Å²) in [5.74, 6) is 5.01. The monoisotopic (exact) mass is 611 g/mol. The molecule has 1 saturated carbocycles. The second kappa shape index (κ2) is 10.9. The Labute approximate surface area is 254 Å². The molecule has 1 spiro atoms. The number of halogens is 1. The lowest BCUT2D eigenvalue weighted by Crippen LogP contribution is -2.51. The van der Waals surface area contributed by atoms with Gasteiger partial charge in [0.05, 0.1) is 21.9 Å². The van der Waals surface area contributed by atoms with Gasteiger partial charge in [0, 0.05) is 28.8 Å². The van der Waals surface area contributed by atoms with Crippen molar-refractivity contribution in [1.29, 1.82) is 0 Å². The summed E-state index contributed by atoms with van der Waals surface area (Å²) in [6.45, 7) is 7.61. The van der Waals surface area contributed by atoms with Crippen molar-refractivity contribution < 1.29 is 18.8 Å². The van der Waals surface area contributed by atoms with Crippen molar-refractivity contribution in [2.45, 2.75) is 75.6 Å². The summed E-state index contributed by atoms with van der Waals surface area (Å²) in [5, 5.41) is 12.0. The van der Waals surface area contributed by atoms with Gasteiger partial charge in [0.25, 0.3) is 5.91 Å². The van der Waals surface area contributed by atoms with E-state index in [1.807, 2.05) is 45.1 Å². The molecular weight excluding hydrogens is 570 g/mol. The van der Waals surface area contributed by atoms with Crippen LogP contribution in [0.15, 0.2) is 42.5 Å². The van der Waals surface area contributed by atoms with Gasteiger partial charge in [-0.25, -0.2) is 9.19 Å². The van der Waals surface area contributed by atoms with Crippen LogP contribution >= 0.6 is 11.6 Å². The van der Waals surface area contributed by atoms with E-state index in [0.717, 1.165) is 37.1 Å². The van der Waals surface area contributed by atoms with E-state index in [0.29, 0.717) is 37.7 Å². The molecule has 0 saturated heterocycles. The molecule has 6 rings (SSSR count). The molecule has 2 N–H and O–H groups in total. The van der Waals surface area contributed by atoms with Crippen LogP contribution in [0.3, 0.4) is 0 Å². The number of aryl methyl sites for hydroxylation is 1. The molecule has 2 aliphatic heterocycles. The smallest absolute Gasteiger partial charge is 0.281 e. The van der Waals surface area contributed by atoms with Crippen molar-refractivity contribution in [3.8, 4) is 5.75 Å². The Bertz CT molecular complexity index is 1520. The molecule has 2 bridgehead atoms. The molecule has 3 heterocycles. The highest BCUT2D eigenvalue weighted by atomic mass is 35.5. The van der Waals surface area contributed by atoms with Gasteiger partial charge in [-0.15, -0.1) is 0 Å². The van der Waals surface area contributed by atoms with Crippen LogP contribution in [0, 0.1) is 17.8 Å². The predicted molar refractivity (Wildman–Crippen MR) is 170 cm³/mol. The fourth-order valence-electron chi connectivity index (χ4n) is 7.46. The zero-order valence-electron chi connectivity index (χ0n) is 24.8. The predicted octanol–water partition coefficient (Wildman–Crippen LogP) is 5.33. The molecule has 1 unspecified atom stereocenters. The van der Waals surface area contributed by atoms with Crippen LogP contribution in [0.1, 0.15) is 74.5 Å². The number of ether oxygens (including phenoxy) is 1. The Hall–Kier alpha value is -2.55. The minimum absolute atomic E-state index is 0.0132. The Balaban J connectivity index is 1.44. The van der Waals surface area contributed by atoms with E-state index in [2.05, 4.69) is 27.6 Å². The van der Waals surface area contributed by atoms with Gasteiger partial charge in [0.2, 0.25) is 0 Å². The van der Waals surface area contributed by atoms with Crippen molar-refractivity contribution in [3.63, 3.8) is 0 Å². The third kappa shape index (κ3) is 5.35. The fourth-order valence-corrected chi connectivity index (χ4v) is 9.12. The highest BCUT2D eigenvalue weighted by Crippen LogP contribution is 2.47. The van der Waals surface area contributed by atoms with Crippen molar-refractivity contribution in [2.24, 2.45) is 17.8 Å². The molecule has 1 amide bonds. The Morgan fingerprint density at radius 2 is 2.05 bits per heavy atom. The maximum atomic E-state index is 13.6. The Morgan fingerprint density at radius 1 is 1.24 bits per heavy atom. The quantitative estimate of drug-likeness (QED) is 0.309. The van der Waals surface area contributed by atoms with E-state index in [-0.39, 0.29) is 34.1 Å². The summed E-state index contributed by atoms with van der Waals surface area (Å²) < 4.78 is 22.8. The number of carbonyl (C=O) groups excluding carboxylic acids is 1. The first-order valence-corrected chi connectivity index (χ1v) is 17.3. The minimum atomic E-state index is -2.97. The van der Waals surface area contributed by atoms with Crippen molar-refractivity contribution in [3.05, 3.63) is 64.3 Å². The number of nitrogens with one attached hydrogen (secondary N) is 1. The topological polar surface area (TPSA) is 91.8 Å². The summed E-state index contributed by atoms with van der Waals surface area (Å²) in [6, 6.07) is 9.64. The number of amides is 1. The number of benzene rings is 1. The molecule has 1 aromatic carbocycles. The first-order chi connectivity index (χ1) is 19.9. The zero-order valence-corrected chi connectivity index (χ0v) is 26.3. The molecule has 7 nitrogen and oxygen atoms in total. The summed E-state index contributed by atoms with van der Waals surface area (Å²) in [5.41, 5.74) is 1.48. The van der Waals surface area contributed by atoms with Gasteiger partial charge in [0.15, 0.2) is 11.6 Å². The highest BCUT2D eigenvalue weighted by Gasteiger charge is 2.46.